The van der Waals surface area contributed by atoms with Gasteiger partial charge in [-0.3, -0.25) is 4.98 Å². The average Bonchev–Trinajstić information content (AvgIpc) is 2.96. The third-order valence-corrected chi connectivity index (χ3v) is 4.60. The molecule has 0 spiro atoms. The van der Waals surface area contributed by atoms with E-state index in [9.17, 15) is 0 Å². The molecular weight excluding hydrogens is 396 g/mol. The highest BCUT2D eigenvalue weighted by atomic mass is 79.9. The van der Waals surface area contributed by atoms with Gasteiger partial charge in [-0.2, -0.15) is 5.10 Å². The lowest BCUT2D eigenvalue weighted by atomic mass is 10.2. The molecule has 0 aliphatic heterocycles. The molecule has 3 aromatic heterocycles. The first-order valence-corrected chi connectivity index (χ1v) is 9.07. The molecule has 0 aliphatic carbocycles. The number of hydrogen-bond donors (Lipinski definition) is 1. The third kappa shape index (κ3) is 3.20. The number of rotatable bonds is 6. The van der Waals surface area contributed by atoms with Gasteiger partial charge in [0.05, 0.1) is 12.0 Å². The van der Waals surface area contributed by atoms with Crippen LogP contribution in [0.1, 0.15) is 6.42 Å². The lowest BCUT2D eigenvalue weighted by Crippen LogP contribution is -2.09. The number of para-hydroxylation sites is 1. The lowest BCUT2D eigenvalue weighted by Gasteiger charge is -2.10. The summed E-state index contributed by atoms with van der Waals surface area (Å²) in [4.78, 5) is 13.0. The fraction of sp³-hybridized carbons (Fsp3) is 0.222. The predicted octanol–water partition coefficient (Wildman–Crippen LogP) is 3.56. The second-order valence-corrected chi connectivity index (χ2v) is 6.55. The van der Waals surface area contributed by atoms with Crippen LogP contribution in [0.2, 0.25) is 0 Å². The molecule has 0 radical (unpaired) electrons. The minimum atomic E-state index is 0.588. The number of benzene rings is 1. The number of hydrogen-bond acceptors (Lipinski definition) is 6. The van der Waals surface area contributed by atoms with E-state index in [2.05, 4.69) is 41.3 Å². The van der Waals surface area contributed by atoms with Crippen molar-refractivity contribution in [1.82, 2.24) is 24.7 Å². The second-order valence-electron chi connectivity index (χ2n) is 5.80. The molecule has 3 heterocycles. The molecule has 0 bridgehead atoms. The molecule has 0 atom stereocenters. The number of anilines is 1. The standard InChI is InChI=1S/C18H17BrN6O/c1-25-18-14(16(19)24-25)17(22-11-23-18)21-9-4-10-26-13-7-2-5-12-6-3-8-20-15(12)13/h2-3,5-8,11H,4,9-10H2,1H3,(H,21,22,23). The summed E-state index contributed by atoms with van der Waals surface area (Å²) in [6.45, 7) is 1.32. The Bertz CT molecular complexity index is 1060. The van der Waals surface area contributed by atoms with E-state index in [0.717, 1.165) is 51.1 Å². The zero-order chi connectivity index (χ0) is 17.9. The Balaban J connectivity index is 1.37. The van der Waals surface area contributed by atoms with Crippen LogP contribution in [0.4, 0.5) is 5.82 Å². The Kier molecular flexibility index (Phi) is 4.66. The summed E-state index contributed by atoms with van der Waals surface area (Å²) in [5.41, 5.74) is 1.67. The van der Waals surface area contributed by atoms with Gasteiger partial charge in [0.25, 0.3) is 0 Å². The minimum Gasteiger partial charge on any atom is -0.491 e. The zero-order valence-corrected chi connectivity index (χ0v) is 15.8. The molecule has 7 nitrogen and oxygen atoms in total. The van der Waals surface area contributed by atoms with Crippen molar-refractivity contribution >= 4 is 43.7 Å². The summed E-state index contributed by atoms with van der Waals surface area (Å²) in [7, 11) is 1.86. The number of halogens is 1. The topological polar surface area (TPSA) is 77.8 Å². The van der Waals surface area contributed by atoms with Crippen LogP contribution in [0.5, 0.6) is 5.75 Å². The van der Waals surface area contributed by atoms with E-state index in [1.54, 1.807) is 10.9 Å². The van der Waals surface area contributed by atoms with Crippen LogP contribution < -0.4 is 10.1 Å². The van der Waals surface area contributed by atoms with Gasteiger partial charge in [0.1, 0.15) is 28.0 Å². The molecule has 1 N–H and O–H groups in total. The first-order valence-electron chi connectivity index (χ1n) is 8.27. The molecule has 0 saturated carbocycles. The first kappa shape index (κ1) is 16.7. The van der Waals surface area contributed by atoms with E-state index in [1.807, 2.05) is 37.4 Å². The summed E-state index contributed by atoms with van der Waals surface area (Å²) in [5, 5.41) is 9.62. The van der Waals surface area contributed by atoms with Crippen LogP contribution in [-0.2, 0) is 7.05 Å². The number of nitrogens with one attached hydrogen (secondary N) is 1. The number of aromatic nitrogens is 5. The SMILES string of the molecule is Cn1nc(Br)c2c(NCCCOc3cccc4cccnc34)ncnc21. The van der Waals surface area contributed by atoms with Crippen LogP contribution in [0.3, 0.4) is 0 Å². The molecule has 26 heavy (non-hydrogen) atoms. The average molecular weight is 413 g/mol. The van der Waals surface area contributed by atoms with Gasteiger partial charge in [-0.1, -0.05) is 18.2 Å². The number of nitrogens with zero attached hydrogens (tertiary/aromatic N) is 5. The Labute approximate surface area is 158 Å². The van der Waals surface area contributed by atoms with Crippen LogP contribution in [0.15, 0.2) is 47.5 Å². The number of aryl methyl sites for hydroxylation is 1. The van der Waals surface area contributed by atoms with Crippen molar-refractivity contribution < 1.29 is 4.74 Å². The molecule has 4 aromatic rings. The van der Waals surface area contributed by atoms with E-state index in [1.165, 1.54) is 6.33 Å². The summed E-state index contributed by atoms with van der Waals surface area (Å²) in [5.74, 6) is 1.57. The Hall–Kier alpha value is -2.74. The maximum Gasteiger partial charge on any atom is 0.164 e. The van der Waals surface area contributed by atoms with E-state index < -0.39 is 0 Å². The molecule has 4 rings (SSSR count). The van der Waals surface area contributed by atoms with Gasteiger partial charge in [0.2, 0.25) is 0 Å². The first-order chi connectivity index (χ1) is 12.7. The van der Waals surface area contributed by atoms with Crippen molar-refractivity contribution in [2.75, 3.05) is 18.5 Å². The Morgan fingerprint density at radius 3 is 2.96 bits per heavy atom. The molecule has 0 saturated heterocycles. The molecule has 132 valence electrons. The fourth-order valence-electron chi connectivity index (χ4n) is 2.83. The molecule has 1 aromatic carbocycles. The number of ether oxygens (including phenoxy) is 1. The van der Waals surface area contributed by atoms with Gasteiger partial charge in [-0.05, 0) is 34.5 Å². The molecular formula is C18H17BrN6O. The van der Waals surface area contributed by atoms with Crippen LogP contribution in [0.25, 0.3) is 21.9 Å². The predicted molar refractivity (Wildman–Crippen MR) is 104 cm³/mol. The van der Waals surface area contributed by atoms with Gasteiger partial charge in [-0.25, -0.2) is 14.6 Å². The van der Waals surface area contributed by atoms with Gasteiger partial charge in [0, 0.05) is 25.2 Å². The third-order valence-electron chi connectivity index (χ3n) is 4.04. The number of fused-ring (bicyclic) bond motifs is 2. The van der Waals surface area contributed by atoms with Crippen LogP contribution in [-0.4, -0.2) is 37.9 Å². The highest BCUT2D eigenvalue weighted by molar-refractivity contribution is 9.10. The zero-order valence-electron chi connectivity index (χ0n) is 14.2. The van der Waals surface area contributed by atoms with Gasteiger partial charge in [-0.15, -0.1) is 0 Å². The molecule has 0 unspecified atom stereocenters. The second kappa shape index (κ2) is 7.25. The maximum absolute atomic E-state index is 5.91. The van der Waals surface area contributed by atoms with Crippen LogP contribution in [0, 0.1) is 0 Å². The summed E-state index contributed by atoms with van der Waals surface area (Å²) < 4.78 is 8.37. The highest BCUT2D eigenvalue weighted by Crippen LogP contribution is 2.27. The molecule has 0 amide bonds. The molecule has 0 fully saturated rings. The van der Waals surface area contributed by atoms with Crippen molar-refractivity contribution in [2.45, 2.75) is 6.42 Å². The highest BCUT2D eigenvalue weighted by Gasteiger charge is 2.12. The summed E-state index contributed by atoms with van der Waals surface area (Å²) >= 11 is 3.46. The van der Waals surface area contributed by atoms with Crippen LogP contribution >= 0.6 is 15.9 Å². The lowest BCUT2D eigenvalue weighted by molar-refractivity contribution is 0.318. The van der Waals surface area contributed by atoms with Gasteiger partial charge in [0.15, 0.2) is 5.65 Å². The van der Waals surface area contributed by atoms with Crippen molar-refractivity contribution in [2.24, 2.45) is 7.05 Å². The summed E-state index contributed by atoms with van der Waals surface area (Å²) in [6, 6.07) is 9.92. The van der Waals surface area contributed by atoms with E-state index in [4.69, 9.17) is 4.74 Å². The van der Waals surface area contributed by atoms with Gasteiger partial charge < -0.3 is 10.1 Å². The van der Waals surface area contributed by atoms with E-state index in [-0.39, 0.29) is 0 Å². The van der Waals surface area contributed by atoms with Crippen molar-refractivity contribution in [3.63, 3.8) is 0 Å². The Morgan fingerprint density at radius 2 is 2.04 bits per heavy atom. The largest absolute Gasteiger partial charge is 0.491 e. The summed E-state index contributed by atoms with van der Waals surface area (Å²) in [6.07, 6.45) is 4.15. The maximum atomic E-state index is 5.91. The fourth-order valence-corrected chi connectivity index (χ4v) is 3.43. The van der Waals surface area contributed by atoms with Gasteiger partial charge >= 0.3 is 0 Å². The van der Waals surface area contributed by atoms with E-state index >= 15 is 0 Å². The Morgan fingerprint density at radius 1 is 1.15 bits per heavy atom. The smallest absolute Gasteiger partial charge is 0.164 e. The normalized spacial score (nSPS) is 11.2. The quantitative estimate of drug-likeness (QED) is 0.487. The van der Waals surface area contributed by atoms with Crippen molar-refractivity contribution in [1.29, 1.82) is 0 Å². The van der Waals surface area contributed by atoms with E-state index in [0.29, 0.717) is 6.61 Å². The number of pyridine rings is 1. The van der Waals surface area contributed by atoms with Crippen molar-refractivity contribution in [3.05, 3.63) is 47.5 Å². The minimum absolute atomic E-state index is 0.588. The monoisotopic (exact) mass is 412 g/mol. The van der Waals surface area contributed by atoms with Crippen molar-refractivity contribution in [3.8, 4) is 5.75 Å². The molecule has 0 aliphatic rings. The molecule has 8 heteroatoms.